The van der Waals surface area contributed by atoms with E-state index in [4.69, 9.17) is 16.3 Å². The summed E-state index contributed by atoms with van der Waals surface area (Å²) in [5.74, 6) is -2.33. The Balaban J connectivity index is 1.79. The fourth-order valence-electron chi connectivity index (χ4n) is 4.33. The molecule has 1 unspecified atom stereocenters. The van der Waals surface area contributed by atoms with Crippen molar-refractivity contribution in [3.05, 3.63) is 100 Å². The molecule has 8 heteroatoms. The molecule has 3 aromatic carbocycles. The van der Waals surface area contributed by atoms with Gasteiger partial charge in [0.15, 0.2) is 0 Å². The number of ether oxygens (including phenoxy) is 1. The molecule has 4 aromatic rings. The predicted octanol–water partition coefficient (Wildman–Crippen LogP) is 5.60. The van der Waals surface area contributed by atoms with E-state index >= 15 is 0 Å². The van der Waals surface area contributed by atoms with Gasteiger partial charge < -0.3 is 14.8 Å². The lowest BCUT2D eigenvalue weighted by molar-refractivity contribution is -0.132. The molecule has 1 saturated heterocycles. The van der Waals surface area contributed by atoms with Crippen LogP contribution in [0.2, 0.25) is 5.02 Å². The second-order valence-electron chi connectivity index (χ2n) is 7.76. The highest BCUT2D eigenvalue weighted by Crippen LogP contribution is 2.45. The number of aliphatic hydroxyl groups is 1. The first-order valence-electron chi connectivity index (χ1n) is 10.4. The molecule has 1 amide bonds. The minimum atomic E-state index is -1.04. The third-order valence-electron chi connectivity index (χ3n) is 5.90. The second kappa shape index (κ2) is 8.35. The SMILES string of the molecule is COc1ccccc1C1/C(=C(\O)c2c[nH]c3ccccc23)C(=O)C(=O)N1c1ccc(F)c(Cl)c1. The normalized spacial score (nSPS) is 17.5. The summed E-state index contributed by atoms with van der Waals surface area (Å²) in [6, 6.07) is 16.9. The van der Waals surface area contributed by atoms with Gasteiger partial charge in [-0.25, -0.2) is 4.39 Å². The fraction of sp³-hybridized carbons (Fsp3) is 0.0769. The Morgan fingerprint density at radius 2 is 1.82 bits per heavy atom. The molecule has 0 radical (unpaired) electrons. The van der Waals surface area contributed by atoms with Crippen LogP contribution in [0.4, 0.5) is 10.1 Å². The van der Waals surface area contributed by atoms with Gasteiger partial charge >= 0.3 is 0 Å². The zero-order chi connectivity index (χ0) is 24.0. The maximum Gasteiger partial charge on any atom is 0.300 e. The van der Waals surface area contributed by atoms with Crippen molar-refractivity contribution < 1.29 is 23.8 Å². The number of ketones is 1. The van der Waals surface area contributed by atoms with Crippen LogP contribution in [0.15, 0.2) is 78.5 Å². The van der Waals surface area contributed by atoms with Crippen LogP contribution in [0.3, 0.4) is 0 Å². The van der Waals surface area contributed by atoms with Crippen molar-refractivity contribution in [3.8, 4) is 5.75 Å². The van der Waals surface area contributed by atoms with Crippen molar-refractivity contribution in [3.63, 3.8) is 0 Å². The molecule has 6 nitrogen and oxygen atoms in total. The number of methoxy groups -OCH3 is 1. The van der Waals surface area contributed by atoms with E-state index in [1.807, 2.05) is 18.2 Å². The standard InChI is InChI=1S/C26H18ClFN2O4/c1-34-21-9-5-3-7-16(21)23-22(24(31)17-13-29-20-8-4-2-6-15(17)20)25(32)26(33)30(23)14-10-11-19(28)18(27)12-14/h2-13,23,29,31H,1H3/b24-22+. The van der Waals surface area contributed by atoms with Gasteiger partial charge in [0.05, 0.1) is 23.7 Å². The van der Waals surface area contributed by atoms with Crippen LogP contribution in [0, 0.1) is 5.82 Å². The Labute approximate surface area is 198 Å². The quantitative estimate of drug-likeness (QED) is 0.228. The molecular formula is C26H18ClFN2O4. The molecule has 2 heterocycles. The molecule has 1 aliphatic heterocycles. The number of carbonyl (C=O) groups excluding carboxylic acids is 2. The van der Waals surface area contributed by atoms with E-state index in [1.54, 1.807) is 36.5 Å². The molecular weight excluding hydrogens is 459 g/mol. The number of benzene rings is 3. The first kappa shape index (κ1) is 21.7. The zero-order valence-corrected chi connectivity index (χ0v) is 18.6. The van der Waals surface area contributed by atoms with Crippen molar-refractivity contribution in [2.24, 2.45) is 0 Å². The minimum Gasteiger partial charge on any atom is -0.507 e. The van der Waals surface area contributed by atoms with Gasteiger partial charge in [0, 0.05) is 33.9 Å². The number of amides is 1. The summed E-state index contributed by atoms with van der Waals surface area (Å²) in [5.41, 5.74) is 1.72. The van der Waals surface area contributed by atoms with Gasteiger partial charge in [0.25, 0.3) is 11.7 Å². The number of halogens is 2. The Bertz CT molecular complexity index is 1490. The van der Waals surface area contributed by atoms with Gasteiger partial charge in [-0.05, 0) is 30.3 Å². The molecule has 34 heavy (non-hydrogen) atoms. The third-order valence-corrected chi connectivity index (χ3v) is 6.19. The molecule has 170 valence electrons. The number of hydrogen-bond acceptors (Lipinski definition) is 4. The zero-order valence-electron chi connectivity index (χ0n) is 17.9. The Morgan fingerprint density at radius 3 is 2.59 bits per heavy atom. The van der Waals surface area contributed by atoms with E-state index in [1.165, 1.54) is 24.1 Å². The molecule has 0 spiro atoms. The third kappa shape index (κ3) is 3.33. The van der Waals surface area contributed by atoms with E-state index < -0.39 is 23.5 Å². The van der Waals surface area contributed by atoms with E-state index in [9.17, 15) is 19.1 Å². The highest BCUT2D eigenvalue weighted by molar-refractivity contribution is 6.52. The number of fused-ring (bicyclic) bond motifs is 1. The fourth-order valence-corrected chi connectivity index (χ4v) is 4.51. The van der Waals surface area contributed by atoms with E-state index in [0.29, 0.717) is 22.3 Å². The van der Waals surface area contributed by atoms with Crippen molar-refractivity contribution in [1.29, 1.82) is 0 Å². The molecule has 1 aliphatic rings. The summed E-state index contributed by atoms with van der Waals surface area (Å²) in [4.78, 5) is 30.9. The van der Waals surface area contributed by atoms with Crippen molar-refractivity contribution in [1.82, 2.24) is 4.98 Å². The summed E-state index contributed by atoms with van der Waals surface area (Å²) in [6.07, 6.45) is 1.58. The maximum absolute atomic E-state index is 13.9. The topological polar surface area (TPSA) is 82.6 Å². The number of aromatic nitrogens is 1. The number of para-hydroxylation sites is 2. The number of nitrogens with one attached hydrogen (secondary N) is 1. The number of aliphatic hydroxyl groups excluding tert-OH is 1. The molecule has 5 rings (SSSR count). The molecule has 1 fully saturated rings. The Hall–Kier alpha value is -4.10. The van der Waals surface area contributed by atoms with Crippen LogP contribution in [-0.2, 0) is 9.59 Å². The summed E-state index contributed by atoms with van der Waals surface area (Å²) < 4.78 is 19.4. The van der Waals surface area contributed by atoms with Crippen LogP contribution < -0.4 is 9.64 Å². The van der Waals surface area contributed by atoms with Gasteiger partial charge in [0.2, 0.25) is 0 Å². The highest BCUT2D eigenvalue weighted by atomic mass is 35.5. The number of Topliss-reactive ketones (excluding diaryl/α,β-unsaturated/α-hetero) is 1. The van der Waals surface area contributed by atoms with E-state index in [2.05, 4.69) is 4.98 Å². The van der Waals surface area contributed by atoms with Gasteiger partial charge in [-0.2, -0.15) is 0 Å². The minimum absolute atomic E-state index is 0.111. The number of aromatic amines is 1. The van der Waals surface area contributed by atoms with E-state index in [0.717, 1.165) is 11.6 Å². The van der Waals surface area contributed by atoms with Crippen molar-refractivity contribution >= 4 is 45.6 Å². The number of hydrogen-bond donors (Lipinski definition) is 2. The average molecular weight is 477 g/mol. The molecule has 0 saturated carbocycles. The molecule has 0 aliphatic carbocycles. The van der Waals surface area contributed by atoms with Crippen molar-refractivity contribution in [2.75, 3.05) is 12.0 Å². The van der Waals surface area contributed by atoms with Gasteiger partial charge in [0.1, 0.15) is 17.3 Å². The van der Waals surface area contributed by atoms with Gasteiger partial charge in [-0.3, -0.25) is 14.5 Å². The summed E-state index contributed by atoms with van der Waals surface area (Å²) in [5, 5.41) is 11.9. The number of nitrogens with zero attached hydrogens (tertiary/aromatic N) is 1. The van der Waals surface area contributed by atoms with Crippen LogP contribution in [0.25, 0.3) is 16.7 Å². The maximum atomic E-state index is 13.9. The van der Waals surface area contributed by atoms with Crippen LogP contribution >= 0.6 is 11.6 Å². The summed E-state index contributed by atoms with van der Waals surface area (Å²) in [7, 11) is 1.47. The molecule has 1 atom stereocenters. The lowest BCUT2D eigenvalue weighted by atomic mass is 9.94. The first-order chi connectivity index (χ1) is 16.4. The van der Waals surface area contributed by atoms with Crippen LogP contribution in [0.1, 0.15) is 17.2 Å². The monoisotopic (exact) mass is 476 g/mol. The summed E-state index contributed by atoms with van der Waals surface area (Å²) in [6.45, 7) is 0. The number of rotatable bonds is 4. The number of anilines is 1. The smallest absolute Gasteiger partial charge is 0.300 e. The summed E-state index contributed by atoms with van der Waals surface area (Å²) >= 11 is 5.99. The molecule has 0 bridgehead atoms. The lowest BCUT2D eigenvalue weighted by Crippen LogP contribution is -2.29. The van der Waals surface area contributed by atoms with Gasteiger partial charge in [-0.15, -0.1) is 0 Å². The lowest BCUT2D eigenvalue weighted by Gasteiger charge is -2.26. The second-order valence-corrected chi connectivity index (χ2v) is 8.16. The van der Waals surface area contributed by atoms with Crippen molar-refractivity contribution in [2.45, 2.75) is 6.04 Å². The van der Waals surface area contributed by atoms with E-state index in [-0.39, 0.29) is 22.0 Å². The highest BCUT2D eigenvalue weighted by Gasteiger charge is 2.48. The largest absolute Gasteiger partial charge is 0.507 e. The first-order valence-corrected chi connectivity index (χ1v) is 10.8. The number of H-pyrrole nitrogens is 1. The Kier molecular flexibility index (Phi) is 5.34. The average Bonchev–Trinajstić information content (AvgIpc) is 3.39. The predicted molar refractivity (Wildman–Crippen MR) is 127 cm³/mol. The van der Waals surface area contributed by atoms with Crippen LogP contribution in [0.5, 0.6) is 5.75 Å². The van der Waals surface area contributed by atoms with Gasteiger partial charge in [-0.1, -0.05) is 48.0 Å². The molecule has 2 N–H and O–H groups in total. The number of carbonyl (C=O) groups is 2. The van der Waals surface area contributed by atoms with Crippen LogP contribution in [-0.4, -0.2) is 28.9 Å². The molecule has 1 aromatic heterocycles. The Morgan fingerprint density at radius 1 is 1.09 bits per heavy atom.